The van der Waals surface area contributed by atoms with Crippen LogP contribution in [0.15, 0.2) is 54.6 Å². The Morgan fingerprint density at radius 1 is 1.05 bits per heavy atom. The van der Waals surface area contributed by atoms with Crippen molar-refractivity contribution in [2.24, 2.45) is 5.92 Å². The van der Waals surface area contributed by atoms with Crippen molar-refractivity contribution < 1.29 is 0 Å². The van der Waals surface area contributed by atoms with Gasteiger partial charge in [0.25, 0.3) is 0 Å². The first-order valence-electron chi connectivity index (χ1n) is 7.79. The van der Waals surface area contributed by atoms with Crippen molar-refractivity contribution in [2.75, 3.05) is 0 Å². The van der Waals surface area contributed by atoms with Crippen molar-refractivity contribution >= 4 is 0 Å². The van der Waals surface area contributed by atoms with Crippen LogP contribution in [-0.4, -0.2) is 0 Å². The summed E-state index contributed by atoms with van der Waals surface area (Å²) in [7, 11) is 0. The molecule has 2 aliphatic carbocycles. The van der Waals surface area contributed by atoms with Gasteiger partial charge < -0.3 is 0 Å². The van der Waals surface area contributed by atoms with Gasteiger partial charge in [0.15, 0.2) is 0 Å². The second-order valence-electron chi connectivity index (χ2n) is 6.30. The molecule has 0 heterocycles. The summed E-state index contributed by atoms with van der Waals surface area (Å²) >= 11 is 0. The monoisotopic (exact) mass is 272 g/mol. The molecule has 0 fully saturated rings. The highest BCUT2D eigenvalue weighted by atomic mass is 14.3. The zero-order valence-electron chi connectivity index (χ0n) is 12.7. The molecule has 104 valence electrons. The maximum Gasteiger partial charge on any atom is -0.000673 e. The maximum absolute atomic E-state index is 2.41. The van der Waals surface area contributed by atoms with E-state index >= 15 is 0 Å². The van der Waals surface area contributed by atoms with Crippen LogP contribution in [0.25, 0.3) is 11.1 Å². The zero-order valence-corrected chi connectivity index (χ0v) is 12.7. The molecule has 2 aromatic carbocycles. The van der Waals surface area contributed by atoms with Crippen LogP contribution in [0.2, 0.25) is 0 Å². The fourth-order valence-electron chi connectivity index (χ4n) is 3.85. The lowest BCUT2D eigenvalue weighted by atomic mass is 9.89. The molecule has 0 atom stereocenters. The van der Waals surface area contributed by atoms with Crippen molar-refractivity contribution in [3.63, 3.8) is 0 Å². The average molecular weight is 272 g/mol. The number of hydrogen-bond acceptors (Lipinski definition) is 0. The Balaban J connectivity index is 1.81. The van der Waals surface area contributed by atoms with Gasteiger partial charge in [-0.3, -0.25) is 0 Å². The SMILES string of the molecule is Cc1cc(CC2C=CC=C2)c(C)c2c1-c1ccccc1C2. The van der Waals surface area contributed by atoms with Crippen LogP contribution in [0.4, 0.5) is 0 Å². The second kappa shape index (κ2) is 4.73. The predicted octanol–water partition coefficient (Wildman–Crippen LogP) is 5.16. The molecule has 0 saturated heterocycles. The lowest BCUT2D eigenvalue weighted by molar-refractivity contribution is 0.808. The number of benzene rings is 2. The van der Waals surface area contributed by atoms with E-state index < -0.39 is 0 Å². The first-order valence-corrected chi connectivity index (χ1v) is 7.79. The van der Waals surface area contributed by atoms with Crippen LogP contribution < -0.4 is 0 Å². The largest absolute Gasteiger partial charge is 0.0773 e. The molecule has 4 rings (SSSR count). The minimum absolute atomic E-state index is 0.574. The molecule has 0 nitrogen and oxygen atoms in total. The lowest BCUT2D eigenvalue weighted by Gasteiger charge is -2.16. The van der Waals surface area contributed by atoms with Gasteiger partial charge in [-0.15, -0.1) is 0 Å². The molecule has 2 aliphatic rings. The number of hydrogen-bond donors (Lipinski definition) is 0. The minimum Gasteiger partial charge on any atom is -0.0773 e. The Labute approximate surface area is 126 Å². The highest BCUT2D eigenvalue weighted by Gasteiger charge is 2.23. The summed E-state index contributed by atoms with van der Waals surface area (Å²) < 4.78 is 0. The van der Waals surface area contributed by atoms with E-state index in [1.807, 2.05) is 0 Å². The quantitative estimate of drug-likeness (QED) is 0.604. The summed E-state index contributed by atoms with van der Waals surface area (Å²) in [6, 6.07) is 11.3. The van der Waals surface area contributed by atoms with E-state index in [0.717, 1.165) is 12.8 Å². The van der Waals surface area contributed by atoms with E-state index in [-0.39, 0.29) is 0 Å². The van der Waals surface area contributed by atoms with Gasteiger partial charge in [-0.25, -0.2) is 0 Å². The fraction of sp³-hybridized carbons (Fsp3) is 0.238. The van der Waals surface area contributed by atoms with Crippen molar-refractivity contribution in [1.29, 1.82) is 0 Å². The van der Waals surface area contributed by atoms with E-state index in [0.29, 0.717) is 5.92 Å². The number of rotatable bonds is 2. The van der Waals surface area contributed by atoms with E-state index in [9.17, 15) is 0 Å². The van der Waals surface area contributed by atoms with Crippen molar-refractivity contribution in [1.82, 2.24) is 0 Å². The van der Waals surface area contributed by atoms with Crippen molar-refractivity contribution in [2.45, 2.75) is 26.7 Å². The molecule has 0 aromatic heterocycles. The van der Waals surface area contributed by atoms with Crippen LogP contribution in [0.1, 0.15) is 27.8 Å². The molecule has 0 unspecified atom stereocenters. The van der Waals surface area contributed by atoms with Crippen LogP contribution >= 0.6 is 0 Å². The Bertz CT molecular complexity index is 763. The Kier molecular flexibility index (Phi) is 2.85. The van der Waals surface area contributed by atoms with E-state index in [1.54, 1.807) is 5.56 Å². The standard InChI is InChI=1S/C21H20/c1-14-11-18(12-16-7-3-4-8-16)15(2)20-13-17-9-5-6-10-19(17)21(14)20/h3-11,16H,12-13H2,1-2H3. The summed E-state index contributed by atoms with van der Waals surface area (Å²) in [5, 5.41) is 0. The van der Waals surface area contributed by atoms with Crippen LogP contribution in [0.3, 0.4) is 0 Å². The summed E-state index contributed by atoms with van der Waals surface area (Å²) in [4.78, 5) is 0. The van der Waals surface area contributed by atoms with Crippen molar-refractivity contribution in [3.05, 3.63) is 82.5 Å². The highest BCUT2D eigenvalue weighted by molar-refractivity contribution is 5.81. The molecule has 0 amide bonds. The highest BCUT2D eigenvalue weighted by Crippen LogP contribution is 2.41. The van der Waals surface area contributed by atoms with Crippen molar-refractivity contribution in [3.8, 4) is 11.1 Å². The molecule has 0 bridgehead atoms. The molecule has 0 saturated carbocycles. The van der Waals surface area contributed by atoms with Gasteiger partial charge in [0.2, 0.25) is 0 Å². The first kappa shape index (κ1) is 12.6. The molecule has 0 aliphatic heterocycles. The molecule has 0 heteroatoms. The molecule has 0 N–H and O–H groups in total. The molecule has 21 heavy (non-hydrogen) atoms. The summed E-state index contributed by atoms with van der Waals surface area (Å²) in [6.07, 6.45) is 11.2. The van der Waals surface area contributed by atoms with Crippen LogP contribution in [-0.2, 0) is 12.8 Å². The number of aryl methyl sites for hydroxylation is 1. The Morgan fingerprint density at radius 3 is 2.62 bits per heavy atom. The topological polar surface area (TPSA) is 0 Å². The van der Waals surface area contributed by atoms with Gasteiger partial charge in [0.1, 0.15) is 0 Å². The molecule has 0 radical (unpaired) electrons. The first-order chi connectivity index (χ1) is 10.2. The summed E-state index contributed by atoms with van der Waals surface area (Å²) in [5.41, 5.74) is 10.4. The second-order valence-corrected chi connectivity index (χ2v) is 6.30. The fourth-order valence-corrected chi connectivity index (χ4v) is 3.85. The van der Waals surface area contributed by atoms with E-state index in [1.165, 1.54) is 33.4 Å². The van der Waals surface area contributed by atoms with Gasteiger partial charge >= 0.3 is 0 Å². The zero-order chi connectivity index (χ0) is 14.4. The maximum atomic E-state index is 2.41. The normalized spacial score (nSPS) is 15.5. The Morgan fingerprint density at radius 2 is 1.81 bits per heavy atom. The third-order valence-electron chi connectivity index (χ3n) is 4.96. The van der Waals surface area contributed by atoms with E-state index in [4.69, 9.17) is 0 Å². The third kappa shape index (κ3) is 1.98. The smallest absolute Gasteiger partial charge is 0.000673 e. The molecule has 0 spiro atoms. The van der Waals surface area contributed by atoms with Gasteiger partial charge in [0, 0.05) is 0 Å². The summed E-state index contributed by atoms with van der Waals surface area (Å²) in [6.45, 7) is 4.58. The van der Waals surface area contributed by atoms with E-state index in [2.05, 4.69) is 68.5 Å². The third-order valence-corrected chi connectivity index (χ3v) is 4.96. The average Bonchev–Trinajstić information content (AvgIpc) is 3.11. The Hall–Kier alpha value is -2.08. The van der Waals surface area contributed by atoms with Crippen LogP contribution in [0, 0.1) is 19.8 Å². The van der Waals surface area contributed by atoms with Crippen LogP contribution in [0.5, 0.6) is 0 Å². The minimum atomic E-state index is 0.574. The molecular weight excluding hydrogens is 252 g/mol. The molecule has 2 aromatic rings. The van der Waals surface area contributed by atoms with Gasteiger partial charge in [-0.1, -0.05) is 54.6 Å². The van der Waals surface area contributed by atoms with Gasteiger partial charge in [-0.2, -0.15) is 0 Å². The predicted molar refractivity (Wildman–Crippen MR) is 89.6 cm³/mol. The van der Waals surface area contributed by atoms with Gasteiger partial charge in [0.05, 0.1) is 0 Å². The number of allylic oxidation sites excluding steroid dienone is 4. The lowest BCUT2D eigenvalue weighted by Crippen LogP contribution is -2.02. The van der Waals surface area contributed by atoms with Gasteiger partial charge in [-0.05, 0) is 71.6 Å². The summed E-state index contributed by atoms with van der Waals surface area (Å²) in [5.74, 6) is 0.574. The molecular formula is C21H20. The number of fused-ring (bicyclic) bond motifs is 3.